The van der Waals surface area contributed by atoms with Crippen LogP contribution in [0.4, 0.5) is 5.69 Å². The second-order valence-electron chi connectivity index (χ2n) is 6.69. The molecule has 2 aromatic rings. The Morgan fingerprint density at radius 3 is 2.64 bits per heavy atom. The molecule has 28 heavy (non-hydrogen) atoms. The van der Waals surface area contributed by atoms with Crippen LogP contribution in [0.15, 0.2) is 41.8 Å². The second-order valence-corrected chi connectivity index (χ2v) is 7.64. The van der Waals surface area contributed by atoms with Crippen LogP contribution in [0, 0.1) is 0 Å². The molecule has 2 amide bonds. The number of nitrogens with one attached hydrogen (secondary N) is 1. The van der Waals surface area contributed by atoms with Crippen LogP contribution in [0.1, 0.15) is 52.6 Å². The van der Waals surface area contributed by atoms with Crippen LogP contribution in [-0.2, 0) is 9.53 Å². The average Bonchev–Trinajstić information content (AvgIpc) is 3.27. The summed E-state index contributed by atoms with van der Waals surface area (Å²) in [5.74, 6) is -0.672. The zero-order valence-corrected chi connectivity index (χ0v) is 16.7. The molecule has 1 aromatic heterocycles. The number of carbonyl (C=O) groups is 3. The molecule has 6 nitrogen and oxygen atoms in total. The zero-order chi connectivity index (χ0) is 19.9. The quantitative estimate of drug-likeness (QED) is 0.745. The van der Waals surface area contributed by atoms with E-state index in [0.29, 0.717) is 35.7 Å². The fourth-order valence-corrected chi connectivity index (χ4v) is 3.86. The van der Waals surface area contributed by atoms with Crippen molar-refractivity contribution >= 4 is 34.8 Å². The molecule has 148 valence electrons. The molecule has 1 aliphatic rings. The van der Waals surface area contributed by atoms with Crippen LogP contribution in [0.3, 0.4) is 0 Å². The first-order valence-corrected chi connectivity index (χ1v) is 10.4. The number of piperidine rings is 1. The summed E-state index contributed by atoms with van der Waals surface area (Å²) < 4.78 is 5.10. The third-order valence-electron chi connectivity index (χ3n) is 4.62. The number of thiophene rings is 1. The lowest BCUT2D eigenvalue weighted by molar-refractivity contribution is -0.121. The van der Waals surface area contributed by atoms with E-state index in [2.05, 4.69) is 5.32 Å². The van der Waals surface area contributed by atoms with E-state index in [1.807, 2.05) is 18.4 Å². The van der Waals surface area contributed by atoms with Crippen LogP contribution in [0.5, 0.6) is 0 Å². The molecule has 1 atom stereocenters. The van der Waals surface area contributed by atoms with Crippen molar-refractivity contribution in [3.05, 3.63) is 52.2 Å². The van der Waals surface area contributed by atoms with Gasteiger partial charge in [0.05, 0.1) is 17.0 Å². The summed E-state index contributed by atoms with van der Waals surface area (Å²) in [5.41, 5.74) is 1.03. The van der Waals surface area contributed by atoms with Crippen molar-refractivity contribution in [3.8, 4) is 0 Å². The maximum atomic E-state index is 12.8. The van der Waals surface area contributed by atoms with Gasteiger partial charge in [-0.05, 0) is 61.4 Å². The number of likely N-dealkylation sites (tertiary alicyclic amines) is 1. The van der Waals surface area contributed by atoms with Gasteiger partial charge in [-0.2, -0.15) is 0 Å². The SMILES string of the molecule is CCCOC(=O)c1ccc(NC(=O)[C@H]2CCCCN2C(=O)c2cccs2)cc1. The number of benzene rings is 1. The van der Waals surface area contributed by atoms with E-state index >= 15 is 0 Å². The van der Waals surface area contributed by atoms with Crippen LogP contribution >= 0.6 is 11.3 Å². The molecule has 1 N–H and O–H groups in total. The molecule has 0 radical (unpaired) electrons. The van der Waals surface area contributed by atoms with Crippen molar-refractivity contribution in [1.82, 2.24) is 4.90 Å². The van der Waals surface area contributed by atoms with Gasteiger partial charge in [0, 0.05) is 12.2 Å². The Hall–Kier alpha value is -2.67. The fraction of sp³-hybridized carbons (Fsp3) is 0.381. The Morgan fingerprint density at radius 1 is 1.18 bits per heavy atom. The lowest BCUT2D eigenvalue weighted by Gasteiger charge is -2.34. The molecule has 0 spiro atoms. The highest BCUT2D eigenvalue weighted by molar-refractivity contribution is 7.12. The van der Waals surface area contributed by atoms with Gasteiger partial charge in [0.2, 0.25) is 5.91 Å². The summed E-state index contributed by atoms with van der Waals surface area (Å²) in [4.78, 5) is 39.7. The van der Waals surface area contributed by atoms with Crippen LogP contribution in [-0.4, -0.2) is 41.9 Å². The van der Waals surface area contributed by atoms with Crippen molar-refractivity contribution in [2.75, 3.05) is 18.5 Å². The second kappa shape index (κ2) is 9.50. The summed E-state index contributed by atoms with van der Waals surface area (Å²) in [5, 5.41) is 4.73. The number of hydrogen-bond acceptors (Lipinski definition) is 5. The van der Waals surface area contributed by atoms with Crippen molar-refractivity contribution < 1.29 is 19.1 Å². The molecular weight excluding hydrogens is 376 g/mol. The van der Waals surface area contributed by atoms with E-state index in [1.165, 1.54) is 11.3 Å². The first-order chi connectivity index (χ1) is 13.6. The van der Waals surface area contributed by atoms with Crippen LogP contribution in [0.2, 0.25) is 0 Å². The molecule has 3 rings (SSSR count). The minimum absolute atomic E-state index is 0.0936. The summed E-state index contributed by atoms with van der Waals surface area (Å²) in [6, 6.07) is 9.74. The maximum absolute atomic E-state index is 12.8. The molecule has 1 aromatic carbocycles. The number of carbonyl (C=O) groups excluding carboxylic acids is 3. The molecule has 0 unspecified atom stereocenters. The molecule has 7 heteroatoms. The molecule has 0 saturated carbocycles. The Balaban J connectivity index is 1.65. The number of rotatable bonds is 6. The topological polar surface area (TPSA) is 75.7 Å². The summed E-state index contributed by atoms with van der Waals surface area (Å²) in [7, 11) is 0. The summed E-state index contributed by atoms with van der Waals surface area (Å²) in [6.07, 6.45) is 3.22. The van der Waals surface area contributed by atoms with E-state index in [1.54, 1.807) is 35.2 Å². The normalized spacial score (nSPS) is 16.5. The van der Waals surface area contributed by atoms with Gasteiger partial charge in [-0.25, -0.2) is 4.79 Å². The Morgan fingerprint density at radius 2 is 1.96 bits per heavy atom. The van der Waals surface area contributed by atoms with E-state index in [0.717, 1.165) is 19.3 Å². The number of anilines is 1. The summed E-state index contributed by atoms with van der Waals surface area (Å²) in [6.45, 7) is 2.90. The smallest absolute Gasteiger partial charge is 0.338 e. The number of amides is 2. The van der Waals surface area contributed by atoms with Gasteiger partial charge in [0.25, 0.3) is 5.91 Å². The molecule has 1 aliphatic heterocycles. The van der Waals surface area contributed by atoms with E-state index in [4.69, 9.17) is 4.74 Å². The lowest BCUT2D eigenvalue weighted by Crippen LogP contribution is -2.49. The van der Waals surface area contributed by atoms with E-state index < -0.39 is 6.04 Å². The van der Waals surface area contributed by atoms with Crippen LogP contribution < -0.4 is 5.32 Å². The highest BCUT2D eigenvalue weighted by atomic mass is 32.1. The Labute approximate surface area is 168 Å². The third kappa shape index (κ3) is 4.78. The molecule has 0 aliphatic carbocycles. The van der Waals surface area contributed by atoms with Gasteiger partial charge >= 0.3 is 5.97 Å². The third-order valence-corrected chi connectivity index (χ3v) is 5.48. The first kappa shape index (κ1) is 20.1. The highest BCUT2D eigenvalue weighted by Crippen LogP contribution is 2.23. The Kier molecular flexibility index (Phi) is 6.81. The monoisotopic (exact) mass is 400 g/mol. The van der Waals surface area contributed by atoms with Crippen molar-refractivity contribution in [3.63, 3.8) is 0 Å². The van der Waals surface area contributed by atoms with Gasteiger partial charge in [-0.1, -0.05) is 13.0 Å². The molecular formula is C21H24N2O4S. The minimum Gasteiger partial charge on any atom is -0.462 e. The molecule has 2 heterocycles. The Bertz CT molecular complexity index is 817. The molecule has 1 saturated heterocycles. The number of nitrogens with zero attached hydrogens (tertiary/aromatic N) is 1. The minimum atomic E-state index is -0.488. The number of esters is 1. The lowest BCUT2D eigenvalue weighted by atomic mass is 10.0. The van der Waals surface area contributed by atoms with Gasteiger partial charge in [-0.15, -0.1) is 11.3 Å². The number of hydrogen-bond donors (Lipinski definition) is 1. The highest BCUT2D eigenvalue weighted by Gasteiger charge is 2.33. The van der Waals surface area contributed by atoms with Gasteiger partial charge in [0.15, 0.2) is 0 Å². The van der Waals surface area contributed by atoms with Gasteiger partial charge in [-0.3, -0.25) is 9.59 Å². The molecule has 0 bridgehead atoms. The van der Waals surface area contributed by atoms with Crippen molar-refractivity contribution in [2.45, 2.75) is 38.6 Å². The maximum Gasteiger partial charge on any atom is 0.338 e. The van der Waals surface area contributed by atoms with E-state index in [-0.39, 0.29) is 17.8 Å². The van der Waals surface area contributed by atoms with Gasteiger partial charge in [0.1, 0.15) is 6.04 Å². The van der Waals surface area contributed by atoms with Crippen molar-refractivity contribution in [1.29, 1.82) is 0 Å². The standard InChI is InChI=1S/C21H24N2O4S/c1-2-13-27-21(26)15-8-10-16(11-9-15)22-19(24)17-6-3-4-12-23(17)20(25)18-7-5-14-28-18/h5,7-11,14,17H,2-4,6,12-13H2,1H3,(H,22,24)/t17-/m1/s1. The fourth-order valence-electron chi connectivity index (χ4n) is 3.18. The predicted molar refractivity (Wildman–Crippen MR) is 109 cm³/mol. The predicted octanol–water partition coefficient (Wildman–Crippen LogP) is 3.95. The van der Waals surface area contributed by atoms with Crippen molar-refractivity contribution in [2.24, 2.45) is 0 Å². The van der Waals surface area contributed by atoms with Crippen LogP contribution in [0.25, 0.3) is 0 Å². The zero-order valence-electron chi connectivity index (χ0n) is 15.8. The largest absolute Gasteiger partial charge is 0.462 e. The average molecular weight is 400 g/mol. The van der Waals surface area contributed by atoms with Gasteiger partial charge < -0.3 is 15.0 Å². The van der Waals surface area contributed by atoms with E-state index in [9.17, 15) is 14.4 Å². The number of ether oxygens (including phenoxy) is 1. The first-order valence-electron chi connectivity index (χ1n) is 9.52. The summed E-state index contributed by atoms with van der Waals surface area (Å²) >= 11 is 1.39. The molecule has 1 fully saturated rings.